The SMILES string of the molecule is CC[C@]12CCC3(O1)C(C(=O)Nc1ccc(Cl)cc1)N([C@@H](CO)CC(C)C)C(=O)[C@@H]3[C@H]2C(=O)NCc1ccccc1. The van der Waals surface area contributed by atoms with E-state index in [-0.39, 0.29) is 24.3 Å². The second-order valence-corrected chi connectivity index (χ2v) is 12.2. The van der Waals surface area contributed by atoms with Gasteiger partial charge in [-0.15, -0.1) is 0 Å². The van der Waals surface area contributed by atoms with Crippen molar-refractivity contribution in [1.82, 2.24) is 10.2 Å². The third kappa shape index (κ3) is 4.80. The summed E-state index contributed by atoms with van der Waals surface area (Å²) in [6.45, 7) is 6.04. The Morgan fingerprint density at radius 1 is 1.10 bits per heavy atom. The number of fused-ring (bicyclic) bond motifs is 1. The molecule has 40 heavy (non-hydrogen) atoms. The number of amides is 3. The van der Waals surface area contributed by atoms with Crippen molar-refractivity contribution >= 4 is 35.0 Å². The minimum Gasteiger partial charge on any atom is -0.394 e. The van der Waals surface area contributed by atoms with Gasteiger partial charge in [-0.05, 0) is 61.4 Å². The number of nitrogens with zero attached hydrogens (tertiary/aromatic N) is 1. The van der Waals surface area contributed by atoms with Gasteiger partial charge in [-0.25, -0.2) is 0 Å². The minimum absolute atomic E-state index is 0.173. The second kappa shape index (κ2) is 11.1. The molecule has 3 amide bonds. The Morgan fingerprint density at radius 2 is 1.80 bits per heavy atom. The molecule has 5 rings (SSSR count). The first kappa shape index (κ1) is 28.6. The largest absolute Gasteiger partial charge is 0.394 e. The molecular weight excluding hydrogens is 530 g/mol. The van der Waals surface area contributed by atoms with Crippen molar-refractivity contribution in [3.05, 3.63) is 65.2 Å². The third-order valence-electron chi connectivity index (χ3n) is 8.92. The maximum atomic E-state index is 14.4. The quantitative estimate of drug-likeness (QED) is 0.400. The highest BCUT2D eigenvalue weighted by atomic mass is 35.5. The fourth-order valence-electron chi connectivity index (χ4n) is 7.21. The molecule has 3 aliphatic rings. The zero-order valence-corrected chi connectivity index (χ0v) is 24.0. The standard InChI is InChI=1S/C31H38ClN3O5/c1-4-30-14-15-31(40-30)25(24(30)27(37)33-17-20-8-6-5-7-9-20)29(39)35(23(18-36)16-19(2)3)26(31)28(38)34-22-12-10-21(32)11-13-22/h5-13,19,23-26,36H,4,14-18H2,1-3H3,(H,33,37)(H,34,38)/t23-,24+,25+,26?,30-,31?/m1/s1. The van der Waals surface area contributed by atoms with Crippen molar-refractivity contribution in [2.75, 3.05) is 11.9 Å². The van der Waals surface area contributed by atoms with Gasteiger partial charge >= 0.3 is 0 Å². The molecule has 0 saturated carbocycles. The molecular formula is C31H38ClN3O5. The number of benzene rings is 2. The Bertz CT molecular complexity index is 1260. The van der Waals surface area contributed by atoms with Gasteiger partial charge in [-0.1, -0.05) is 62.7 Å². The smallest absolute Gasteiger partial charge is 0.250 e. The van der Waals surface area contributed by atoms with Crippen molar-refractivity contribution in [3.63, 3.8) is 0 Å². The van der Waals surface area contributed by atoms with Crippen molar-refractivity contribution in [2.24, 2.45) is 17.8 Å². The van der Waals surface area contributed by atoms with Crippen LogP contribution in [-0.2, 0) is 25.7 Å². The molecule has 2 unspecified atom stereocenters. The summed E-state index contributed by atoms with van der Waals surface area (Å²) in [5.41, 5.74) is -0.500. The number of anilines is 1. The first-order chi connectivity index (χ1) is 19.2. The van der Waals surface area contributed by atoms with E-state index in [1.165, 1.54) is 4.90 Å². The number of ether oxygens (including phenoxy) is 1. The highest BCUT2D eigenvalue weighted by Gasteiger charge is 2.79. The van der Waals surface area contributed by atoms with E-state index in [1.54, 1.807) is 24.3 Å². The van der Waals surface area contributed by atoms with E-state index in [1.807, 2.05) is 51.1 Å². The summed E-state index contributed by atoms with van der Waals surface area (Å²) in [5, 5.41) is 17.0. The van der Waals surface area contributed by atoms with Crippen LogP contribution in [0.25, 0.3) is 0 Å². The number of likely N-dealkylation sites (tertiary alicyclic amines) is 1. The molecule has 3 fully saturated rings. The van der Waals surface area contributed by atoms with Gasteiger partial charge in [0, 0.05) is 17.3 Å². The Hall–Kier alpha value is -2.94. The van der Waals surface area contributed by atoms with Crippen molar-refractivity contribution in [2.45, 2.75) is 76.3 Å². The fraction of sp³-hybridized carbons (Fsp3) is 0.516. The van der Waals surface area contributed by atoms with Crippen LogP contribution in [-0.4, -0.2) is 57.6 Å². The first-order valence-corrected chi connectivity index (χ1v) is 14.5. The summed E-state index contributed by atoms with van der Waals surface area (Å²) in [4.78, 5) is 43.8. The van der Waals surface area contributed by atoms with Crippen molar-refractivity contribution in [3.8, 4) is 0 Å². The molecule has 1 spiro atoms. The van der Waals surface area contributed by atoms with Crippen molar-refractivity contribution in [1.29, 1.82) is 0 Å². The van der Waals surface area contributed by atoms with Crippen LogP contribution >= 0.6 is 11.6 Å². The molecule has 9 heteroatoms. The number of hydrogen-bond acceptors (Lipinski definition) is 5. The minimum atomic E-state index is -1.16. The topological polar surface area (TPSA) is 108 Å². The number of aliphatic hydroxyl groups excluding tert-OH is 1. The van der Waals surface area contributed by atoms with Crippen LogP contribution in [0.4, 0.5) is 5.69 Å². The zero-order chi connectivity index (χ0) is 28.7. The van der Waals surface area contributed by atoms with E-state index in [0.29, 0.717) is 42.9 Å². The number of nitrogens with one attached hydrogen (secondary N) is 2. The highest BCUT2D eigenvalue weighted by molar-refractivity contribution is 6.30. The predicted molar refractivity (Wildman–Crippen MR) is 152 cm³/mol. The number of aliphatic hydroxyl groups is 1. The Balaban J connectivity index is 1.52. The van der Waals surface area contributed by atoms with Gasteiger partial charge in [-0.2, -0.15) is 0 Å². The van der Waals surface area contributed by atoms with E-state index in [0.717, 1.165) is 5.56 Å². The maximum absolute atomic E-state index is 14.4. The molecule has 6 atom stereocenters. The number of hydrogen-bond donors (Lipinski definition) is 3. The van der Waals surface area contributed by atoms with Gasteiger partial charge in [0.2, 0.25) is 17.7 Å². The lowest BCUT2D eigenvalue weighted by Crippen LogP contribution is -2.56. The van der Waals surface area contributed by atoms with Gasteiger partial charge in [0.15, 0.2) is 0 Å². The van der Waals surface area contributed by atoms with Gasteiger partial charge < -0.3 is 25.4 Å². The predicted octanol–water partition coefficient (Wildman–Crippen LogP) is 4.16. The average molecular weight is 568 g/mol. The molecule has 0 radical (unpaired) electrons. The molecule has 8 nitrogen and oxygen atoms in total. The molecule has 2 bridgehead atoms. The summed E-state index contributed by atoms with van der Waals surface area (Å²) in [7, 11) is 0. The normalized spacial score (nSPS) is 29.5. The Morgan fingerprint density at radius 3 is 2.42 bits per heavy atom. The average Bonchev–Trinajstić information content (AvgIpc) is 3.55. The zero-order valence-electron chi connectivity index (χ0n) is 23.2. The van der Waals surface area contributed by atoms with Crippen LogP contribution < -0.4 is 10.6 Å². The van der Waals surface area contributed by atoms with Crippen LogP contribution in [0.2, 0.25) is 5.02 Å². The lowest BCUT2D eigenvalue weighted by molar-refractivity contribution is -0.149. The second-order valence-electron chi connectivity index (χ2n) is 11.7. The van der Waals surface area contributed by atoms with Crippen molar-refractivity contribution < 1.29 is 24.2 Å². The van der Waals surface area contributed by atoms with E-state index in [9.17, 15) is 19.5 Å². The van der Waals surface area contributed by atoms with E-state index < -0.39 is 41.0 Å². The van der Waals surface area contributed by atoms with E-state index in [2.05, 4.69) is 10.6 Å². The summed E-state index contributed by atoms with van der Waals surface area (Å²) < 4.78 is 6.81. The summed E-state index contributed by atoms with van der Waals surface area (Å²) in [6, 6.07) is 14.8. The number of carbonyl (C=O) groups is 3. The molecule has 3 aliphatic heterocycles. The number of halogens is 1. The molecule has 3 N–H and O–H groups in total. The molecule has 3 saturated heterocycles. The molecule has 2 aromatic rings. The van der Waals surface area contributed by atoms with E-state index in [4.69, 9.17) is 16.3 Å². The highest BCUT2D eigenvalue weighted by Crippen LogP contribution is 2.64. The van der Waals surface area contributed by atoms with Crippen LogP contribution in [0, 0.1) is 17.8 Å². The van der Waals surface area contributed by atoms with Gasteiger partial charge in [0.05, 0.1) is 30.1 Å². The van der Waals surface area contributed by atoms with E-state index >= 15 is 0 Å². The third-order valence-corrected chi connectivity index (χ3v) is 9.17. The monoisotopic (exact) mass is 567 g/mol. The lowest BCUT2D eigenvalue weighted by atomic mass is 9.65. The number of rotatable bonds is 10. The van der Waals surface area contributed by atoms with Crippen LogP contribution in [0.15, 0.2) is 54.6 Å². The molecule has 214 valence electrons. The molecule has 3 heterocycles. The summed E-state index contributed by atoms with van der Waals surface area (Å²) in [5.74, 6) is -2.32. The maximum Gasteiger partial charge on any atom is 0.250 e. The Labute approximate surface area is 240 Å². The molecule has 0 aromatic heterocycles. The molecule has 0 aliphatic carbocycles. The Kier molecular flexibility index (Phi) is 7.97. The fourth-order valence-corrected chi connectivity index (χ4v) is 7.33. The lowest BCUT2D eigenvalue weighted by Gasteiger charge is -2.37. The summed E-state index contributed by atoms with van der Waals surface area (Å²) in [6.07, 6.45) is 2.11. The van der Waals surface area contributed by atoms with Crippen LogP contribution in [0.1, 0.15) is 52.0 Å². The van der Waals surface area contributed by atoms with Crippen LogP contribution in [0.3, 0.4) is 0 Å². The van der Waals surface area contributed by atoms with Gasteiger partial charge in [0.1, 0.15) is 11.6 Å². The molecule has 2 aromatic carbocycles. The first-order valence-electron chi connectivity index (χ1n) is 14.2. The summed E-state index contributed by atoms with van der Waals surface area (Å²) >= 11 is 6.04. The van der Waals surface area contributed by atoms with Gasteiger partial charge in [0.25, 0.3) is 0 Å². The number of carbonyl (C=O) groups excluding carboxylic acids is 3. The van der Waals surface area contributed by atoms with Crippen LogP contribution in [0.5, 0.6) is 0 Å². The van der Waals surface area contributed by atoms with Gasteiger partial charge in [-0.3, -0.25) is 14.4 Å².